The number of nitrogens with zero attached hydrogens (tertiary/aromatic N) is 2. The van der Waals surface area contributed by atoms with Crippen LogP contribution in [0.15, 0.2) is 16.2 Å². The molecule has 0 saturated heterocycles. The minimum Gasteiger partial charge on any atom is -0.479 e. The van der Waals surface area contributed by atoms with Crippen LogP contribution in [0.2, 0.25) is 0 Å². The lowest BCUT2D eigenvalue weighted by atomic mass is 10.0. The van der Waals surface area contributed by atoms with Gasteiger partial charge in [0.1, 0.15) is 17.0 Å². The van der Waals surface area contributed by atoms with Crippen LogP contribution in [0.3, 0.4) is 0 Å². The Morgan fingerprint density at radius 3 is 2.43 bits per heavy atom. The Hall–Kier alpha value is -2.07. The van der Waals surface area contributed by atoms with E-state index in [1.54, 1.807) is 0 Å². The van der Waals surface area contributed by atoms with Gasteiger partial charge in [-0.05, 0) is 6.92 Å². The van der Waals surface area contributed by atoms with Gasteiger partial charge in [0.05, 0.1) is 17.6 Å². The average Bonchev–Trinajstić information content (AvgIpc) is 2.63. The lowest BCUT2D eigenvalue weighted by molar-refractivity contribution is 0.0789. The number of hydrogen-bond acceptors (Lipinski definition) is 6. The summed E-state index contributed by atoms with van der Waals surface area (Å²) < 4.78 is 60.3. The van der Waals surface area contributed by atoms with Gasteiger partial charge in [0.25, 0.3) is 0 Å². The van der Waals surface area contributed by atoms with Crippen LogP contribution in [-0.4, -0.2) is 22.2 Å². The summed E-state index contributed by atoms with van der Waals surface area (Å²) in [7, 11) is 1.29. The molecule has 2 aromatic rings. The molecule has 0 bridgehead atoms. The first-order chi connectivity index (χ1) is 10.8. The molecule has 0 radical (unpaired) electrons. The van der Waals surface area contributed by atoms with Gasteiger partial charge in [-0.25, -0.2) is 22.5 Å². The van der Waals surface area contributed by atoms with Crippen molar-refractivity contribution in [1.82, 2.24) is 9.97 Å². The molecule has 5 nitrogen and oxygen atoms in total. The van der Waals surface area contributed by atoms with Crippen molar-refractivity contribution in [2.24, 2.45) is 0 Å². The summed E-state index contributed by atoms with van der Waals surface area (Å²) in [6, 6.07) is 0. The van der Waals surface area contributed by atoms with E-state index >= 15 is 0 Å². The van der Waals surface area contributed by atoms with Crippen molar-refractivity contribution in [3.8, 4) is 5.88 Å². The molecule has 3 rings (SSSR count). The molecule has 2 heterocycles. The number of aliphatic hydroxyl groups is 1. The highest BCUT2D eigenvalue weighted by molar-refractivity contribution is 7.99. The van der Waals surface area contributed by atoms with Crippen molar-refractivity contribution in [2.75, 3.05) is 12.4 Å². The number of anilines is 1. The summed E-state index contributed by atoms with van der Waals surface area (Å²) in [4.78, 5) is 7.06. The van der Waals surface area contributed by atoms with Crippen LogP contribution < -0.4 is 10.1 Å². The second kappa shape index (κ2) is 5.24. The monoisotopic (exact) mass is 347 g/mol. The quantitative estimate of drug-likeness (QED) is 0.358. The SMILES string of the molecule is COc1ncnc2c1N[C@@](C)(O)c1c(F)c(F)c(F)c(F)c1S2. The highest BCUT2D eigenvalue weighted by Crippen LogP contribution is 2.48. The first-order valence-electron chi connectivity index (χ1n) is 6.21. The zero-order valence-corrected chi connectivity index (χ0v) is 12.6. The predicted molar refractivity (Wildman–Crippen MR) is 72.2 cm³/mol. The molecule has 2 N–H and O–H groups in total. The summed E-state index contributed by atoms with van der Waals surface area (Å²) in [5.41, 5.74) is -2.98. The van der Waals surface area contributed by atoms with Crippen LogP contribution in [-0.2, 0) is 5.72 Å². The maximum absolute atomic E-state index is 14.1. The number of benzene rings is 1. The Kier molecular flexibility index (Phi) is 3.60. The van der Waals surface area contributed by atoms with Crippen molar-refractivity contribution in [3.05, 3.63) is 35.2 Å². The first-order valence-corrected chi connectivity index (χ1v) is 7.03. The Morgan fingerprint density at radius 2 is 1.78 bits per heavy atom. The fraction of sp³-hybridized carbons (Fsp3) is 0.231. The van der Waals surface area contributed by atoms with Crippen molar-refractivity contribution >= 4 is 17.4 Å². The van der Waals surface area contributed by atoms with Gasteiger partial charge < -0.3 is 15.2 Å². The predicted octanol–water partition coefficient (Wildman–Crippen LogP) is 2.78. The number of ether oxygens (including phenoxy) is 1. The maximum atomic E-state index is 14.1. The molecule has 122 valence electrons. The van der Waals surface area contributed by atoms with Gasteiger partial charge in [-0.2, -0.15) is 4.98 Å². The third kappa shape index (κ3) is 2.29. The first kappa shape index (κ1) is 15.8. The second-order valence-electron chi connectivity index (χ2n) is 4.82. The zero-order chi connectivity index (χ0) is 16.9. The molecule has 0 aliphatic carbocycles. The van der Waals surface area contributed by atoms with Crippen LogP contribution >= 0.6 is 11.8 Å². The van der Waals surface area contributed by atoms with E-state index in [0.29, 0.717) is 11.8 Å². The number of hydrogen-bond donors (Lipinski definition) is 2. The summed E-state index contributed by atoms with van der Waals surface area (Å²) in [6.45, 7) is 1.06. The summed E-state index contributed by atoms with van der Waals surface area (Å²) >= 11 is 0.524. The molecule has 1 aliphatic rings. The van der Waals surface area contributed by atoms with Crippen molar-refractivity contribution in [1.29, 1.82) is 0 Å². The number of methoxy groups -OCH3 is 1. The third-order valence-corrected chi connectivity index (χ3v) is 4.34. The standard InChI is InChI=1S/C13H9F4N3O2S/c1-13(21)4-5(14)6(15)7(16)8(17)10(4)23-12-9(20-13)11(22-2)18-3-19-12/h3,20-21H,1-2H3/t13-/m0/s1. The van der Waals surface area contributed by atoms with Crippen molar-refractivity contribution in [3.63, 3.8) is 0 Å². The molecule has 1 aliphatic heterocycles. The van der Waals surface area contributed by atoms with E-state index in [1.807, 2.05) is 0 Å². The zero-order valence-electron chi connectivity index (χ0n) is 11.7. The van der Waals surface area contributed by atoms with E-state index in [-0.39, 0.29) is 16.6 Å². The second-order valence-corrected chi connectivity index (χ2v) is 5.82. The minimum absolute atomic E-state index is 0.00246. The highest BCUT2D eigenvalue weighted by atomic mass is 32.2. The molecule has 0 unspecified atom stereocenters. The Bertz CT molecular complexity index is 817. The third-order valence-electron chi connectivity index (χ3n) is 3.25. The molecule has 0 spiro atoms. The lowest BCUT2D eigenvalue weighted by Crippen LogP contribution is -2.33. The molecule has 0 amide bonds. The van der Waals surface area contributed by atoms with Crippen LogP contribution in [0.4, 0.5) is 23.2 Å². The fourth-order valence-corrected chi connectivity index (χ4v) is 3.34. The highest BCUT2D eigenvalue weighted by Gasteiger charge is 2.40. The Morgan fingerprint density at radius 1 is 1.13 bits per heavy atom. The summed E-state index contributed by atoms with van der Waals surface area (Å²) in [6.07, 6.45) is 1.10. The average molecular weight is 347 g/mol. The Balaban J connectivity index is 2.35. The molecular formula is C13H9F4N3O2S. The molecular weight excluding hydrogens is 338 g/mol. The van der Waals surface area contributed by atoms with Gasteiger partial charge in [-0.1, -0.05) is 11.8 Å². The number of fused-ring (bicyclic) bond motifs is 2. The van der Waals surface area contributed by atoms with Crippen molar-refractivity contribution in [2.45, 2.75) is 22.6 Å². The molecule has 1 aromatic carbocycles. The van der Waals surface area contributed by atoms with Gasteiger partial charge in [-0.15, -0.1) is 0 Å². The lowest BCUT2D eigenvalue weighted by Gasteiger charge is -2.27. The van der Waals surface area contributed by atoms with Crippen LogP contribution in [0, 0.1) is 23.3 Å². The molecule has 1 aromatic heterocycles. The van der Waals surface area contributed by atoms with Gasteiger partial charge in [0.2, 0.25) is 5.88 Å². The molecule has 10 heteroatoms. The van der Waals surface area contributed by atoms with E-state index in [9.17, 15) is 22.7 Å². The van der Waals surface area contributed by atoms with Crippen LogP contribution in [0.25, 0.3) is 0 Å². The molecule has 1 atom stereocenters. The molecule has 23 heavy (non-hydrogen) atoms. The normalized spacial score (nSPS) is 19.4. The van der Waals surface area contributed by atoms with Crippen LogP contribution in [0.5, 0.6) is 5.88 Å². The number of rotatable bonds is 1. The number of nitrogens with one attached hydrogen (secondary N) is 1. The summed E-state index contributed by atoms with van der Waals surface area (Å²) in [5, 5.41) is 13.0. The van der Waals surface area contributed by atoms with Gasteiger partial charge >= 0.3 is 0 Å². The van der Waals surface area contributed by atoms with Gasteiger partial charge in [0.15, 0.2) is 29.0 Å². The van der Waals surface area contributed by atoms with E-state index in [4.69, 9.17) is 4.74 Å². The van der Waals surface area contributed by atoms with Gasteiger partial charge in [-0.3, -0.25) is 0 Å². The van der Waals surface area contributed by atoms with E-state index in [1.165, 1.54) is 7.11 Å². The molecule has 0 saturated carbocycles. The fourth-order valence-electron chi connectivity index (χ4n) is 2.24. The van der Waals surface area contributed by atoms with Gasteiger partial charge in [0, 0.05) is 0 Å². The van der Waals surface area contributed by atoms with E-state index in [0.717, 1.165) is 13.3 Å². The smallest absolute Gasteiger partial charge is 0.241 e. The maximum Gasteiger partial charge on any atom is 0.241 e. The molecule has 0 fully saturated rings. The minimum atomic E-state index is -2.26. The van der Waals surface area contributed by atoms with Crippen molar-refractivity contribution < 1.29 is 27.4 Å². The number of aromatic nitrogens is 2. The topological polar surface area (TPSA) is 67.3 Å². The Labute approximate surface area is 131 Å². The summed E-state index contributed by atoms with van der Waals surface area (Å²) in [5.74, 6) is -7.28. The van der Waals surface area contributed by atoms with Crippen LogP contribution in [0.1, 0.15) is 12.5 Å². The largest absolute Gasteiger partial charge is 0.479 e. The van der Waals surface area contributed by atoms with E-state index < -0.39 is 39.5 Å². The van der Waals surface area contributed by atoms with E-state index in [2.05, 4.69) is 15.3 Å². The number of halogens is 4.